The summed E-state index contributed by atoms with van der Waals surface area (Å²) in [5, 5.41) is 12.9. The molecule has 4 heterocycles. The predicted molar refractivity (Wildman–Crippen MR) is 87.9 cm³/mol. The van der Waals surface area contributed by atoms with Gasteiger partial charge < -0.3 is 4.90 Å². The van der Waals surface area contributed by atoms with Crippen molar-refractivity contribution in [1.29, 1.82) is 0 Å². The number of hydrogen-bond acceptors (Lipinski definition) is 6. The van der Waals surface area contributed by atoms with Gasteiger partial charge in [0.15, 0.2) is 0 Å². The van der Waals surface area contributed by atoms with Crippen LogP contribution < -0.4 is 0 Å². The van der Waals surface area contributed by atoms with Crippen LogP contribution in [0.3, 0.4) is 0 Å². The van der Waals surface area contributed by atoms with Gasteiger partial charge in [0.2, 0.25) is 11.8 Å². The molecule has 0 aromatic carbocycles. The molecule has 4 rings (SSSR count). The smallest absolute Gasteiger partial charge is 0.294 e. The molecule has 124 valence electrons. The first kappa shape index (κ1) is 15.0. The molecule has 0 saturated carbocycles. The van der Waals surface area contributed by atoms with Crippen LogP contribution in [0.4, 0.5) is 0 Å². The first-order chi connectivity index (χ1) is 11.5. The van der Waals surface area contributed by atoms with Gasteiger partial charge in [0.25, 0.3) is 5.91 Å². The fourth-order valence-corrected chi connectivity index (χ4v) is 4.26. The van der Waals surface area contributed by atoms with Crippen molar-refractivity contribution in [3.05, 3.63) is 40.4 Å². The first-order valence-electron chi connectivity index (χ1n) is 7.61. The Morgan fingerprint density at radius 3 is 2.92 bits per heavy atom. The number of amides is 1. The van der Waals surface area contributed by atoms with Gasteiger partial charge in [-0.3, -0.25) is 4.79 Å². The molecule has 24 heavy (non-hydrogen) atoms. The number of hydrogen-bond donors (Lipinski definition) is 1. The Hall–Kier alpha value is -2.55. The van der Waals surface area contributed by atoms with E-state index in [1.54, 1.807) is 18.3 Å². The Bertz CT molecular complexity index is 866. The molecular weight excluding hydrogens is 326 g/mol. The Balaban J connectivity index is 1.64. The molecule has 8 nitrogen and oxygen atoms in total. The maximum Gasteiger partial charge on any atom is 0.294 e. The molecule has 1 unspecified atom stereocenters. The van der Waals surface area contributed by atoms with Crippen LogP contribution in [0.15, 0.2) is 23.8 Å². The summed E-state index contributed by atoms with van der Waals surface area (Å²) in [5.41, 5.74) is 0.0447. The number of rotatable bonds is 3. The lowest BCUT2D eigenvalue weighted by molar-refractivity contribution is -0.0313. The molecule has 0 aliphatic carbocycles. The van der Waals surface area contributed by atoms with Gasteiger partial charge in [-0.2, -0.15) is 14.8 Å². The van der Waals surface area contributed by atoms with Crippen molar-refractivity contribution < 1.29 is 4.79 Å². The van der Waals surface area contributed by atoms with E-state index in [0.29, 0.717) is 18.3 Å². The molecule has 0 spiro atoms. The van der Waals surface area contributed by atoms with Gasteiger partial charge in [-0.15, -0.1) is 16.4 Å². The van der Waals surface area contributed by atoms with Crippen LogP contribution >= 0.6 is 11.3 Å². The summed E-state index contributed by atoms with van der Waals surface area (Å²) in [7, 11) is 0. The van der Waals surface area contributed by atoms with E-state index < -0.39 is 0 Å². The number of aromatic amines is 1. The van der Waals surface area contributed by atoms with E-state index in [9.17, 15) is 4.79 Å². The maximum atomic E-state index is 12.9. The lowest BCUT2D eigenvalue weighted by Gasteiger charge is -2.53. The Morgan fingerprint density at radius 1 is 1.46 bits per heavy atom. The molecule has 9 heteroatoms. The maximum absolute atomic E-state index is 12.9. The standard InChI is InChI=1S/C15H17N7OS/c1-9-18-12(20-22(9)14-16-8-17-19-14)13(23)21-7-15(2,3)11(21)10-5-4-6-24-10/h4-6,8,11H,7H2,1-3H3,(H,16,17,19). The third-order valence-corrected chi connectivity index (χ3v) is 5.19. The molecule has 3 aromatic heterocycles. The van der Waals surface area contributed by atoms with Gasteiger partial charge in [0.1, 0.15) is 12.2 Å². The summed E-state index contributed by atoms with van der Waals surface area (Å²) in [6.07, 6.45) is 1.39. The largest absolute Gasteiger partial charge is 0.327 e. The second-order valence-corrected chi connectivity index (χ2v) is 7.52. The topological polar surface area (TPSA) is 92.6 Å². The van der Waals surface area contributed by atoms with Crippen LogP contribution in [0.2, 0.25) is 0 Å². The van der Waals surface area contributed by atoms with Crippen LogP contribution in [0.5, 0.6) is 0 Å². The summed E-state index contributed by atoms with van der Waals surface area (Å²) in [6, 6.07) is 4.14. The van der Waals surface area contributed by atoms with Crippen molar-refractivity contribution in [2.75, 3.05) is 6.54 Å². The highest BCUT2D eigenvalue weighted by molar-refractivity contribution is 7.10. The van der Waals surface area contributed by atoms with Crippen LogP contribution in [0.25, 0.3) is 5.95 Å². The Morgan fingerprint density at radius 2 is 2.29 bits per heavy atom. The zero-order chi connectivity index (χ0) is 16.9. The highest BCUT2D eigenvalue weighted by Crippen LogP contribution is 2.49. The number of thiophene rings is 1. The number of likely N-dealkylation sites (tertiary alicyclic amines) is 1. The number of carbonyl (C=O) groups excluding carboxylic acids is 1. The van der Waals surface area contributed by atoms with Crippen molar-refractivity contribution in [3.8, 4) is 5.95 Å². The summed E-state index contributed by atoms with van der Waals surface area (Å²) in [6.45, 7) is 6.81. The van der Waals surface area contributed by atoms with Gasteiger partial charge in [0, 0.05) is 16.8 Å². The van der Waals surface area contributed by atoms with Gasteiger partial charge in [-0.25, -0.2) is 10.1 Å². The van der Waals surface area contributed by atoms with E-state index in [0.717, 1.165) is 0 Å². The third kappa shape index (κ3) is 2.23. The van der Waals surface area contributed by atoms with E-state index in [2.05, 4.69) is 45.2 Å². The minimum atomic E-state index is -0.158. The van der Waals surface area contributed by atoms with Crippen molar-refractivity contribution in [2.45, 2.75) is 26.8 Å². The highest BCUT2D eigenvalue weighted by Gasteiger charge is 2.50. The minimum absolute atomic E-state index is 0.0447. The number of aromatic nitrogens is 6. The summed E-state index contributed by atoms with van der Waals surface area (Å²) >= 11 is 1.67. The van der Waals surface area contributed by atoms with Gasteiger partial charge in [-0.05, 0) is 18.4 Å². The third-order valence-electron chi connectivity index (χ3n) is 4.27. The van der Waals surface area contributed by atoms with E-state index in [4.69, 9.17) is 0 Å². The van der Waals surface area contributed by atoms with Gasteiger partial charge in [0.05, 0.1) is 6.04 Å². The van der Waals surface area contributed by atoms with E-state index >= 15 is 0 Å². The molecular formula is C15H17N7OS. The van der Waals surface area contributed by atoms with Crippen LogP contribution in [0, 0.1) is 12.3 Å². The molecule has 1 aliphatic rings. The van der Waals surface area contributed by atoms with E-state index in [1.165, 1.54) is 15.9 Å². The van der Waals surface area contributed by atoms with Crippen molar-refractivity contribution >= 4 is 17.2 Å². The summed E-state index contributed by atoms with van der Waals surface area (Å²) < 4.78 is 1.49. The van der Waals surface area contributed by atoms with Crippen LogP contribution in [0.1, 0.15) is 41.2 Å². The molecule has 3 aromatic rings. The number of nitrogens with zero attached hydrogens (tertiary/aromatic N) is 6. The first-order valence-corrected chi connectivity index (χ1v) is 8.49. The predicted octanol–water partition coefficient (Wildman–Crippen LogP) is 1.98. The monoisotopic (exact) mass is 343 g/mol. The molecule has 0 radical (unpaired) electrons. The normalized spacial score (nSPS) is 19.3. The fraction of sp³-hybridized carbons (Fsp3) is 0.400. The number of carbonyl (C=O) groups is 1. The SMILES string of the molecule is Cc1nc(C(=O)N2CC(C)(C)C2c2cccs2)nn1-c1ncn[nH]1. The second-order valence-electron chi connectivity index (χ2n) is 6.54. The van der Waals surface area contributed by atoms with Crippen molar-refractivity contribution in [3.63, 3.8) is 0 Å². The van der Waals surface area contributed by atoms with Crippen LogP contribution in [-0.2, 0) is 0 Å². The Labute approximate surface area is 142 Å². The summed E-state index contributed by atoms with van der Waals surface area (Å²) in [5.74, 6) is 1.05. The molecule has 1 aliphatic heterocycles. The molecule has 1 N–H and O–H groups in total. The van der Waals surface area contributed by atoms with E-state index in [1.807, 2.05) is 16.3 Å². The number of H-pyrrole nitrogens is 1. The van der Waals surface area contributed by atoms with E-state index in [-0.39, 0.29) is 23.2 Å². The average molecular weight is 343 g/mol. The van der Waals surface area contributed by atoms with Crippen molar-refractivity contribution in [1.82, 2.24) is 34.8 Å². The zero-order valence-corrected chi connectivity index (χ0v) is 14.4. The van der Waals surface area contributed by atoms with Gasteiger partial charge >= 0.3 is 0 Å². The number of nitrogens with one attached hydrogen (secondary N) is 1. The van der Waals surface area contributed by atoms with Crippen LogP contribution in [-0.4, -0.2) is 47.3 Å². The molecule has 0 bridgehead atoms. The average Bonchev–Trinajstić information content (AvgIpc) is 3.25. The molecule has 1 fully saturated rings. The van der Waals surface area contributed by atoms with Crippen molar-refractivity contribution in [2.24, 2.45) is 5.41 Å². The fourth-order valence-electron chi connectivity index (χ4n) is 3.21. The quantitative estimate of drug-likeness (QED) is 0.785. The second kappa shape index (κ2) is 5.23. The molecule has 1 amide bonds. The lowest BCUT2D eigenvalue weighted by Crippen LogP contribution is -2.57. The molecule has 1 atom stereocenters. The highest BCUT2D eigenvalue weighted by atomic mass is 32.1. The molecule has 1 saturated heterocycles. The number of aryl methyl sites for hydroxylation is 1. The lowest BCUT2D eigenvalue weighted by atomic mass is 9.74. The Kier molecular flexibility index (Phi) is 3.27. The summed E-state index contributed by atoms with van der Waals surface area (Å²) in [4.78, 5) is 24.3. The van der Waals surface area contributed by atoms with Gasteiger partial charge in [-0.1, -0.05) is 19.9 Å². The zero-order valence-electron chi connectivity index (χ0n) is 13.6. The minimum Gasteiger partial charge on any atom is -0.327 e.